The number of likely N-dealkylation sites (tertiary alicyclic amines) is 1. The van der Waals surface area contributed by atoms with Crippen LogP contribution in [0.4, 0.5) is 19.1 Å². The van der Waals surface area contributed by atoms with Gasteiger partial charge in [0.05, 0.1) is 25.3 Å². The number of hydrogen-bond donors (Lipinski definition) is 0. The van der Waals surface area contributed by atoms with Crippen LogP contribution >= 0.6 is 0 Å². The number of aryl methyl sites for hydroxylation is 1. The summed E-state index contributed by atoms with van der Waals surface area (Å²) in [6, 6.07) is 0. The van der Waals surface area contributed by atoms with Crippen molar-refractivity contribution in [2.45, 2.75) is 13.1 Å². The van der Waals surface area contributed by atoms with Gasteiger partial charge >= 0.3 is 6.18 Å². The summed E-state index contributed by atoms with van der Waals surface area (Å²) in [6.07, 6.45) is -0.540. The molecule has 2 fully saturated rings. The highest BCUT2D eigenvalue weighted by Crippen LogP contribution is 2.23. The Morgan fingerprint density at radius 3 is 2.45 bits per heavy atom. The van der Waals surface area contributed by atoms with Gasteiger partial charge in [0.2, 0.25) is 5.95 Å². The third kappa shape index (κ3) is 3.73. The van der Waals surface area contributed by atoms with Crippen molar-refractivity contribution < 1.29 is 13.2 Å². The molecule has 0 N–H and O–H groups in total. The fourth-order valence-electron chi connectivity index (χ4n) is 2.62. The van der Waals surface area contributed by atoms with Crippen LogP contribution in [0.3, 0.4) is 0 Å². The normalized spacial score (nSPS) is 19.8. The number of halogens is 3. The van der Waals surface area contributed by atoms with Crippen molar-refractivity contribution in [3.63, 3.8) is 0 Å². The third-order valence-electron chi connectivity index (χ3n) is 3.81. The SMILES string of the molecule is Cc1cnc(N2CC(=NCC3CN(CC(F)(F)F)C3)C2)nc1. The molecule has 0 amide bonds. The average molecular weight is 313 g/mol. The summed E-state index contributed by atoms with van der Waals surface area (Å²) < 4.78 is 36.5. The highest BCUT2D eigenvalue weighted by atomic mass is 19.4. The smallest absolute Gasteiger partial charge is 0.330 e. The zero-order valence-corrected chi connectivity index (χ0v) is 12.3. The first-order valence-corrected chi connectivity index (χ1v) is 7.24. The van der Waals surface area contributed by atoms with Crippen molar-refractivity contribution in [1.29, 1.82) is 0 Å². The summed E-state index contributed by atoms with van der Waals surface area (Å²) in [6.45, 7) is 4.14. The van der Waals surface area contributed by atoms with Crippen LogP contribution in [0.5, 0.6) is 0 Å². The quantitative estimate of drug-likeness (QED) is 0.846. The van der Waals surface area contributed by atoms with E-state index in [4.69, 9.17) is 0 Å². The van der Waals surface area contributed by atoms with Crippen molar-refractivity contribution in [2.24, 2.45) is 10.9 Å². The monoisotopic (exact) mass is 313 g/mol. The molecule has 0 saturated carbocycles. The minimum atomic E-state index is -4.10. The predicted molar refractivity (Wildman–Crippen MR) is 77.3 cm³/mol. The molecule has 120 valence electrons. The molecule has 1 aromatic rings. The molecular weight excluding hydrogens is 295 g/mol. The van der Waals surface area contributed by atoms with Gasteiger partial charge in [-0.25, -0.2) is 9.97 Å². The minimum Gasteiger partial charge on any atom is -0.330 e. The average Bonchev–Trinajstić information content (AvgIpc) is 2.34. The Kier molecular flexibility index (Phi) is 4.03. The fourth-order valence-corrected chi connectivity index (χ4v) is 2.62. The van der Waals surface area contributed by atoms with E-state index in [-0.39, 0.29) is 5.92 Å². The number of nitrogens with zero attached hydrogens (tertiary/aromatic N) is 5. The van der Waals surface area contributed by atoms with Crippen molar-refractivity contribution >= 4 is 11.7 Å². The molecule has 0 atom stereocenters. The van der Waals surface area contributed by atoms with Crippen LogP contribution in [0.1, 0.15) is 5.56 Å². The molecule has 0 radical (unpaired) electrons. The van der Waals surface area contributed by atoms with Crippen LogP contribution in [-0.4, -0.2) is 66.0 Å². The Bertz CT molecular complexity index is 541. The van der Waals surface area contributed by atoms with E-state index in [1.807, 2.05) is 11.8 Å². The van der Waals surface area contributed by atoms with Gasteiger partial charge in [0.25, 0.3) is 0 Å². The summed E-state index contributed by atoms with van der Waals surface area (Å²) in [7, 11) is 0. The van der Waals surface area contributed by atoms with Crippen LogP contribution in [-0.2, 0) is 0 Å². The summed E-state index contributed by atoms with van der Waals surface area (Å²) in [5, 5.41) is 0. The highest BCUT2D eigenvalue weighted by molar-refractivity contribution is 5.99. The second-order valence-corrected chi connectivity index (χ2v) is 6.00. The van der Waals surface area contributed by atoms with E-state index in [1.54, 1.807) is 12.4 Å². The molecule has 3 rings (SSSR count). The first kappa shape index (κ1) is 15.2. The number of anilines is 1. The lowest BCUT2D eigenvalue weighted by atomic mass is 10.0. The van der Waals surface area contributed by atoms with Gasteiger partial charge in [-0.3, -0.25) is 9.89 Å². The maximum atomic E-state index is 12.2. The lowest BCUT2D eigenvalue weighted by Gasteiger charge is -2.39. The third-order valence-corrected chi connectivity index (χ3v) is 3.81. The second kappa shape index (κ2) is 5.83. The maximum absolute atomic E-state index is 12.2. The van der Waals surface area contributed by atoms with Crippen LogP contribution in [0.2, 0.25) is 0 Å². The molecule has 2 aliphatic heterocycles. The Morgan fingerprint density at radius 2 is 1.86 bits per heavy atom. The predicted octanol–water partition coefficient (Wildman–Crippen LogP) is 1.54. The first-order valence-electron chi connectivity index (χ1n) is 7.24. The molecule has 2 saturated heterocycles. The van der Waals surface area contributed by atoms with E-state index in [9.17, 15) is 13.2 Å². The van der Waals surface area contributed by atoms with E-state index in [1.165, 1.54) is 4.90 Å². The largest absolute Gasteiger partial charge is 0.401 e. The van der Waals surface area contributed by atoms with Crippen LogP contribution in [0.15, 0.2) is 17.4 Å². The molecule has 1 aromatic heterocycles. The second-order valence-electron chi connectivity index (χ2n) is 6.00. The number of rotatable bonds is 4. The molecule has 0 aromatic carbocycles. The number of aromatic nitrogens is 2. The van der Waals surface area contributed by atoms with Gasteiger partial charge in [0.1, 0.15) is 0 Å². The van der Waals surface area contributed by atoms with Crippen LogP contribution < -0.4 is 4.90 Å². The molecule has 2 aliphatic rings. The molecule has 22 heavy (non-hydrogen) atoms. The van der Waals surface area contributed by atoms with Crippen molar-refractivity contribution in [3.05, 3.63) is 18.0 Å². The van der Waals surface area contributed by atoms with Gasteiger partial charge in [0.15, 0.2) is 0 Å². The van der Waals surface area contributed by atoms with E-state index in [0.29, 0.717) is 38.7 Å². The van der Waals surface area contributed by atoms with Crippen molar-refractivity contribution in [3.8, 4) is 0 Å². The van der Waals surface area contributed by atoms with Crippen molar-refractivity contribution in [1.82, 2.24) is 14.9 Å². The number of hydrogen-bond acceptors (Lipinski definition) is 5. The summed E-state index contributed by atoms with van der Waals surface area (Å²) >= 11 is 0. The van der Waals surface area contributed by atoms with E-state index >= 15 is 0 Å². The number of aliphatic imine (C=N–C) groups is 1. The molecule has 0 bridgehead atoms. The summed E-state index contributed by atoms with van der Waals surface area (Å²) in [4.78, 5) is 16.4. The molecular formula is C14H18F3N5. The van der Waals surface area contributed by atoms with E-state index < -0.39 is 12.7 Å². The zero-order chi connectivity index (χ0) is 15.7. The van der Waals surface area contributed by atoms with E-state index in [0.717, 1.165) is 11.3 Å². The fraction of sp³-hybridized carbons (Fsp3) is 0.643. The molecule has 0 spiro atoms. The maximum Gasteiger partial charge on any atom is 0.401 e. The Hall–Kier alpha value is -1.70. The van der Waals surface area contributed by atoms with Gasteiger partial charge < -0.3 is 4.90 Å². The lowest BCUT2D eigenvalue weighted by Crippen LogP contribution is -2.52. The zero-order valence-electron chi connectivity index (χ0n) is 12.3. The lowest BCUT2D eigenvalue weighted by molar-refractivity contribution is -0.158. The van der Waals surface area contributed by atoms with Crippen LogP contribution in [0.25, 0.3) is 0 Å². The standard InChI is InChI=1S/C14H18F3N5/c1-10-2-19-13(20-3-10)22-7-12(8-22)18-4-11-5-21(6-11)9-14(15,16)17/h2-3,11H,4-9H2,1H3. The van der Waals surface area contributed by atoms with Gasteiger partial charge in [-0.2, -0.15) is 13.2 Å². The van der Waals surface area contributed by atoms with Gasteiger partial charge in [-0.1, -0.05) is 0 Å². The van der Waals surface area contributed by atoms with Gasteiger partial charge in [-0.05, 0) is 12.5 Å². The molecule has 8 heteroatoms. The summed E-state index contributed by atoms with van der Waals surface area (Å²) in [5.41, 5.74) is 2.09. The highest BCUT2D eigenvalue weighted by Gasteiger charge is 2.37. The molecule has 0 unspecified atom stereocenters. The Labute approximate surface area is 126 Å². The van der Waals surface area contributed by atoms with Gasteiger partial charge in [0, 0.05) is 37.9 Å². The molecule has 5 nitrogen and oxygen atoms in total. The minimum absolute atomic E-state index is 0.250. The van der Waals surface area contributed by atoms with Crippen molar-refractivity contribution in [2.75, 3.05) is 44.2 Å². The summed E-state index contributed by atoms with van der Waals surface area (Å²) in [5.74, 6) is 0.948. The van der Waals surface area contributed by atoms with E-state index in [2.05, 4.69) is 15.0 Å². The van der Waals surface area contributed by atoms with Crippen LogP contribution in [0, 0.1) is 12.8 Å². The molecule has 3 heterocycles. The first-order chi connectivity index (χ1) is 10.4. The number of alkyl halides is 3. The topological polar surface area (TPSA) is 44.6 Å². The Balaban J connectivity index is 1.37. The Morgan fingerprint density at radius 1 is 1.23 bits per heavy atom. The molecule has 0 aliphatic carbocycles. The van der Waals surface area contributed by atoms with Gasteiger partial charge in [-0.15, -0.1) is 0 Å².